The van der Waals surface area contributed by atoms with Crippen molar-refractivity contribution >= 4 is 5.97 Å². The van der Waals surface area contributed by atoms with Gasteiger partial charge in [-0.25, -0.2) is 4.79 Å². The number of nitrogens with one attached hydrogen (secondary N) is 1. The zero-order chi connectivity index (χ0) is 9.56. The molecular formula is C9H13NO2. The van der Waals surface area contributed by atoms with E-state index in [1.807, 2.05) is 6.92 Å². The summed E-state index contributed by atoms with van der Waals surface area (Å²) in [6.45, 7) is 5.42. The van der Waals surface area contributed by atoms with E-state index in [1.54, 1.807) is 19.2 Å². The molecule has 0 aromatic heterocycles. The van der Waals surface area contributed by atoms with Crippen molar-refractivity contribution in [2.24, 2.45) is 0 Å². The van der Waals surface area contributed by atoms with Crippen LogP contribution in [0.4, 0.5) is 0 Å². The van der Waals surface area contributed by atoms with E-state index in [0.717, 1.165) is 0 Å². The minimum atomic E-state index is -0.979. The molecule has 0 aliphatic heterocycles. The lowest BCUT2D eigenvalue weighted by molar-refractivity contribution is -0.132. The van der Waals surface area contributed by atoms with E-state index in [1.165, 1.54) is 6.20 Å². The van der Waals surface area contributed by atoms with E-state index in [2.05, 4.69) is 11.9 Å². The molecule has 0 spiro atoms. The van der Waals surface area contributed by atoms with Gasteiger partial charge in [0, 0.05) is 13.2 Å². The number of carboxylic acid groups (broad SMARTS) is 1. The molecular weight excluding hydrogens is 154 g/mol. The van der Waals surface area contributed by atoms with Crippen LogP contribution in [0.5, 0.6) is 0 Å². The van der Waals surface area contributed by atoms with E-state index in [0.29, 0.717) is 5.57 Å². The first kappa shape index (κ1) is 10.5. The second-order valence-electron chi connectivity index (χ2n) is 2.18. The summed E-state index contributed by atoms with van der Waals surface area (Å²) >= 11 is 0. The zero-order valence-corrected chi connectivity index (χ0v) is 7.29. The van der Waals surface area contributed by atoms with Crippen LogP contribution >= 0.6 is 0 Å². The monoisotopic (exact) mass is 167 g/mol. The molecule has 0 heterocycles. The summed E-state index contributed by atoms with van der Waals surface area (Å²) in [5.74, 6) is -0.979. The summed E-state index contributed by atoms with van der Waals surface area (Å²) in [4.78, 5) is 10.6. The van der Waals surface area contributed by atoms with Gasteiger partial charge in [0.2, 0.25) is 0 Å². The van der Waals surface area contributed by atoms with E-state index in [9.17, 15) is 4.79 Å². The zero-order valence-electron chi connectivity index (χ0n) is 7.29. The molecule has 0 amide bonds. The Morgan fingerprint density at radius 2 is 2.17 bits per heavy atom. The highest BCUT2D eigenvalue weighted by Gasteiger charge is 2.07. The second kappa shape index (κ2) is 5.18. The molecule has 0 radical (unpaired) electrons. The van der Waals surface area contributed by atoms with Crippen LogP contribution in [0.2, 0.25) is 0 Å². The summed E-state index contributed by atoms with van der Waals surface area (Å²) in [5.41, 5.74) is 0.662. The van der Waals surface area contributed by atoms with Crippen molar-refractivity contribution in [2.75, 3.05) is 7.05 Å². The standard InChI is InChI=1S/C9H13NO2/c1-4-5-7(2)8(6-10-3)9(11)12/h4-6,10H,2H2,1,3H3,(H,11,12)/b5-4-,8-6+. The van der Waals surface area contributed by atoms with Crippen LogP contribution in [-0.2, 0) is 4.79 Å². The third-order valence-electron chi connectivity index (χ3n) is 1.23. The van der Waals surface area contributed by atoms with E-state index in [-0.39, 0.29) is 5.57 Å². The Kier molecular flexibility index (Phi) is 4.53. The summed E-state index contributed by atoms with van der Waals surface area (Å²) in [5, 5.41) is 11.3. The SMILES string of the molecule is C=C(/C=C\C)/C(=C\NC)C(=O)O. The van der Waals surface area contributed by atoms with Gasteiger partial charge >= 0.3 is 5.97 Å². The maximum absolute atomic E-state index is 10.6. The van der Waals surface area contributed by atoms with Gasteiger partial charge in [-0.2, -0.15) is 0 Å². The van der Waals surface area contributed by atoms with Crippen molar-refractivity contribution in [3.05, 3.63) is 36.1 Å². The van der Waals surface area contributed by atoms with Crippen LogP contribution in [0.3, 0.4) is 0 Å². The Bertz CT molecular complexity index is 239. The number of rotatable bonds is 4. The maximum atomic E-state index is 10.6. The van der Waals surface area contributed by atoms with E-state index >= 15 is 0 Å². The van der Waals surface area contributed by atoms with Gasteiger partial charge in [0.25, 0.3) is 0 Å². The Hall–Kier alpha value is -1.51. The first-order valence-electron chi connectivity index (χ1n) is 3.56. The molecule has 0 bridgehead atoms. The number of aliphatic carboxylic acids is 1. The van der Waals surface area contributed by atoms with Crippen molar-refractivity contribution in [3.63, 3.8) is 0 Å². The van der Waals surface area contributed by atoms with Crippen molar-refractivity contribution in [1.82, 2.24) is 5.32 Å². The summed E-state index contributed by atoms with van der Waals surface area (Å²) < 4.78 is 0. The predicted octanol–water partition coefficient (Wildman–Crippen LogP) is 1.31. The molecule has 0 atom stereocenters. The molecule has 0 unspecified atom stereocenters. The normalized spacial score (nSPS) is 11.7. The third kappa shape index (κ3) is 3.05. The topological polar surface area (TPSA) is 49.3 Å². The molecule has 0 saturated carbocycles. The fraction of sp³-hybridized carbons (Fsp3) is 0.222. The molecule has 0 aliphatic rings. The van der Waals surface area contributed by atoms with Gasteiger partial charge in [-0.3, -0.25) is 0 Å². The molecule has 0 rings (SSSR count). The average molecular weight is 167 g/mol. The smallest absolute Gasteiger partial charge is 0.337 e. The Morgan fingerprint density at radius 1 is 1.58 bits per heavy atom. The molecule has 0 saturated heterocycles. The van der Waals surface area contributed by atoms with Crippen LogP contribution < -0.4 is 5.32 Å². The molecule has 0 fully saturated rings. The van der Waals surface area contributed by atoms with Crippen LogP contribution in [0, 0.1) is 0 Å². The van der Waals surface area contributed by atoms with E-state index in [4.69, 9.17) is 5.11 Å². The predicted molar refractivity (Wildman–Crippen MR) is 48.7 cm³/mol. The third-order valence-corrected chi connectivity index (χ3v) is 1.23. The number of allylic oxidation sites excluding steroid dienone is 2. The second-order valence-corrected chi connectivity index (χ2v) is 2.18. The fourth-order valence-corrected chi connectivity index (χ4v) is 0.727. The van der Waals surface area contributed by atoms with Gasteiger partial charge in [0.05, 0.1) is 5.57 Å². The first-order valence-corrected chi connectivity index (χ1v) is 3.56. The molecule has 2 N–H and O–H groups in total. The summed E-state index contributed by atoms with van der Waals surface area (Å²) in [6, 6.07) is 0. The lowest BCUT2D eigenvalue weighted by Crippen LogP contribution is -2.06. The lowest BCUT2D eigenvalue weighted by Gasteiger charge is -2.00. The van der Waals surface area contributed by atoms with Crippen molar-refractivity contribution in [1.29, 1.82) is 0 Å². The molecule has 3 nitrogen and oxygen atoms in total. The first-order chi connectivity index (χ1) is 5.63. The van der Waals surface area contributed by atoms with Crippen molar-refractivity contribution in [3.8, 4) is 0 Å². The van der Waals surface area contributed by atoms with Gasteiger partial charge in [-0.15, -0.1) is 0 Å². The molecule has 0 aliphatic carbocycles. The fourth-order valence-electron chi connectivity index (χ4n) is 0.727. The van der Waals surface area contributed by atoms with Crippen LogP contribution in [0.25, 0.3) is 0 Å². The Morgan fingerprint density at radius 3 is 2.50 bits per heavy atom. The molecule has 12 heavy (non-hydrogen) atoms. The van der Waals surface area contributed by atoms with Crippen LogP contribution in [-0.4, -0.2) is 18.1 Å². The van der Waals surface area contributed by atoms with Gasteiger partial charge in [-0.05, 0) is 12.5 Å². The van der Waals surface area contributed by atoms with E-state index < -0.39 is 5.97 Å². The van der Waals surface area contributed by atoms with Gasteiger partial charge in [0.15, 0.2) is 0 Å². The number of hydrogen-bond acceptors (Lipinski definition) is 2. The molecule has 0 aromatic rings. The highest BCUT2D eigenvalue weighted by Crippen LogP contribution is 2.07. The minimum Gasteiger partial charge on any atom is -0.478 e. The van der Waals surface area contributed by atoms with Crippen molar-refractivity contribution < 1.29 is 9.90 Å². The van der Waals surface area contributed by atoms with Crippen LogP contribution in [0.15, 0.2) is 36.1 Å². The lowest BCUT2D eigenvalue weighted by atomic mass is 10.1. The number of hydrogen-bond donors (Lipinski definition) is 2. The Labute approximate surface area is 72.1 Å². The van der Waals surface area contributed by atoms with Crippen LogP contribution in [0.1, 0.15) is 6.92 Å². The molecule has 66 valence electrons. The molecule has 0 aromatic carbocycles. The summed E-state index contributed by atoms with van der Waals surface area (Å²) in [6.07, 6.45) is 4.80. The summed E-state index contributed by atoms with van der Waals surface area (Å²) in [7, 11) is 1.64. The highest BCUT2D eigenvalue weighted by molar-refractivity contribution is 5.92. The van der Waals surface area contributed by atoms with Crippen molar-refractivity contribution in [2.45, 2.75) is 6.92 Å². The average Bonchev–Trinajstić information content (AvgIpc) is 1.99. The molecule has 3 heteroatoms. The largest absolute Gasteiger partial charge is 0.478 e. The maximum Gasteiger partial charge on any atom is 0.337 e. The van der Waals surface area contributed by atoms with Gasteiger partial charge in [-0.1, -0.05) is 18.7 Å². The number of carbonyl (C=O) groups is 1. The highest BCUT2D eigenvalue weighted by atomic mass is 16.4. The van der Waals surface area contributed by atoms with Gasteiger partial charge < -0.3 is 10.4 Å². The minimum absolute atomic E-state index is 0.176. The van der Waals surface area contributed by atoms with Gasteiger partial charge in [0.1, 0.15) is 0 Å². The Balaban J connectivity index is 4.64. The quantitative estimate of drug-likeness (QED) is 0.490. The number of carboxylic acids is 1.